The highest BCUT2D eigenvalue weighted by molar-refractivity contribution is 6.01. The zero-order chi connectivity index (χ0) is 28.1. The molecule has 3 N–H and O–H groups in total. The highest BCUT2D eigenvalue weighted by atomic mass is 16.3. The maximum absolute atomic E-state index is 12.5. The first kappa shape index (κ1) is 25.9. The van der Waals surface area contributed by atoms with Crippen LogP contribution in [0.1, 0.15) is 23.0 Å². The van der Waals surface area contributed by atoms with Gasteiger partial charge in [-0.3, -0.25) is 24.2 Å². The van der Waals surface area contributed by atoms with Gasteiger partial charge in [0.25, 0.3) is 6.47 Å². The number of aromatic amines is 1. The van der Waals surface area contributed by atoms with Crippen molar-refractivity contribution in [1.29, 1.82) is 0 Å². The fourth-order valence-corrected chi connectivity index (χ4v) is 4.17. The molecule has 0 bridgehead atoms. The molecule has 6 aromatic rings. The predicted molar refractivity (Wildman–Crippen MR) is 148 cm³/mol. The van der Waals surface area contributed by atoms with Crippen molar-refractivity contribution in [3.05, 3.63) is 90.8 Å². The SMILES string of the molecule is CC(=O)c1ccc(-n2cnc3cc(Nc4ccc(C)nn4)ccc32)nc1-c1cccnc1-c1cn[nH]c1.O=CO. The largest absolute Gasteiger partial charge is 0.483 e. The van der Waals surface area contributed by atoms with Gasteiger partial charge in [-0.1, -0.05) is 0 Å². The van der Waals surface area contributed by atoms with E-state index in [1.807, 2.05) is 60.0 Å². The summed E-state index contributed by atoms with van der Waals surface area (Å²) in [6.07, 6.45) is 6.89. The van der Waals surface area contributed by atoms with E-state index in [4.69, 9.17) is 14.9 Å². The summed E-state index contributed by atoms with van der Waals surface area (Å²) < 4.78 is 1.89. The van der Waals surface area contributed by atoms with Gasteiger partial charge < -0.3 is 10.4 Å². The molecular formula is C28H23N9O3. The minimum Gasteiger partial charge on any atom is -0.483 e. The molecule has 5 heterocycles. The molecule has 0 atom stereocenters. The molecule has 12 heteroatoms. The van der Waals surface area contributed by atoms with Crippen LogP contribution in [0.15, 0.2) is 79.5 Å². The van der Waals surface area contributed by atoms with Gasteiger partial charge in [-0.25, -0.2) is 9.97 Å². The molecule has 0 aliphatic rings. The lowest BCUT2D eigenvalue weighted by atomic mass is 9.99. The van der Waals surface area contributed by atoms with Crippen LogP contribution in [0.4, 0.5) is 11.5 Å². The second-order valence-corrected chi connectivity index (χ2v) is 8.62. The Bertz CT molecular complexity index is 1800. The van der Waals surface area contributed by atoms with Gasteiger partial charge in [-0.05, 0) is 68.4 Å². The van der Waals surface area contributed by atoms with E-state index in [1.54, 1.807) is 31.0 Å². The molecule has 12 nitrogen and oxygen atoms in total. The topological polar surface area (TPSA) is 164 Å². The lowest BCUT2D eigenvalue weighted by molar-refractivity contribution is -0.122. The number of carbonyl (C=O) groups excluding carboxylic acids is 1. The molecule has 5 aromatic heterocycles. The number of fused-ring (bicyclic) bond motifs is 1. The third-order valence-electron chi connectivity index (χ3n) is 5.96. The number of pyridine rings is 2. The molecule has 0 unspecified atom stereocenters. The maximum atomic E-state index is 12.5. The number of aryl methyl sites for hydroxylation is 1. The van der Waals surface area contributed by atoms with Crippen LogP contribution in [0.25, 0.3) is 39.4 Å². The Kier molecular flexibility index (Phi) is 7.31. The number of H-pyrrole nitrogens is 1. The molecule has 40 heavy (non-hydrogen) atoms. The summed E-state index contributed by atoms with van der Waals surface area (Å²) in [6, 6.07) is 17.0. The van der Waals surface area contributed by atoms with E-state index in [0.29, 0.717) is 28.6 Å². The number of ketones is 1. The molecule has 1 aromatic carbocycles. The molecule has 0 aliphatic carbocycles. The first-order valence-corrected chi connectivity index (χ1v) is 12.1. The fraction of sp³-hybridized carbons (Fsp3) is 0.0714. The van der Waals surface area contributed by atoms with Crippen LogP contribution in [0.5, 0.6) is 0 Å². The Morgan fingerprint density at radius 1 is 1.05 bits per heavy atom. The van der Waals surface area contributed by atoms with Crippen molar-refractivity contribution in [3.63, 3.8) is 0 Å². The lowest BCUT2D eigenvalue weighted by Crippen LogP contribution is -2.05. The van der Waals surface area contributed by atoms with Gasteiger partial charge in [0, 0.05) is 34.8 Å². The van der Waals surface area contributed by atoms with Crippen molar-refractivity contribution >= 4 is 34.8 Å². The van der Waals surface area contributed by atoms with Gasteiger partial charge >= 0.3 is 0 Å². The number of anilines is 2. The number of hydrogen-bond donors (Lipinski definition) is 3. The Morgan fingerprint density at radius 2 is 1.90 bits per heavy atom. The van der Waals surface area contributed by atoms with Gasteiger partial charge in [0.05, 0.1) is 34.3 Å². The molecule has 0 fully saturated rings. The smallest absolute Gasteiger partial charge is 0.290 e. The highest BCUT2D eigenvalue weighted by Gasteiger charge is 2.18. The molecule has 0 radical (unpaired) electrons. The van der Waals surface area contributed by atoms with E-state index in [0.717, 1.165) is 33.5 Å². The first-order chi connectivity index (χ1) is 19.5. The summed E-state index contributed by atoms with van der Waals surface area (Å²) >= 11 is 0. The number of nitrogens with zero attached hydrogens (tertiary/aromatic N) is 7. The predicted octanol–water partition coefficient (Wildman–Crippen LogP) is 4.62. The summed E-state index contributed by atoms with van der Waals surface area (Å²) in [5, 5.41) is 25.2. The Labute approximate surface area is 227 Å². The molecule has 6 rings (SSSR count). The van der Waals surface area contributed by atoms with E-state index in [1.165, 1.54) is 6.92 Å². The number of nitrogens with one attached hydrogen (secondary N) is 2. The van der Waals surface area contributed by atoms with Gasteiger partial charge in [-0.2, -0.15) is 10.2 Å². The third-order valence-corrected chi connectivity index (χ3v) is 5.96. The van der Waals surface area contributed by atoms with Crippen LogP contribution >= 0.6 is 0 Å². The molecular weight excluding hydrogens is 510 g/mol. The Morgan fingerprint density at radius 3 is 2.62 bits per heavy atom. The van der Waals surface area contributed by atoms with Gasteiger partial charge in [0.1, 0.15) is 12.1 Å². The number of imidazole rings is 1. The summed E-state index contributed by atoms with van der Waals surface area (Å²) in [6.45, 7) is 3.18. The number of benzene rings is 1. The van der Waals surface area contributed by atoms with E-state index in [9.17, 15) is 4.79 Å². The fourth-order valence-electron chi connectivity index (χ4n) is 4.17. The van der Waals surface area contributed by atoms with Gasteiger partial charge in [0.2, 0.25) is 0 Å². The number of carboxylic acid groups (broad SMARTS) is 1. The molecule has 0 saturated carbocycles. The van der Waals surface area contributed by atoms with Gasteiger partial charge in [0.15, 0.2) is 11.6 Å². The quantitative estimate of drug-likeness (QED) is 0.203. The standard InChI is InChI=1S/C27H21N9O.CH2O2/c1-16-5-9-24(35-34-16)32-19-6-8-23-22(12-19)29-15-36(23)25-10-7-20(17(2)37)27(33-25)21-4-3-11-28-26(21)18-13-30-31-14-18;2-1-3/h3-15H,1-2H3,(H,30,31)(H,32,35);1H,(H,2,3). The van der Waals surface area contributed by atoms with Crippen LogP contribution in [-0.2, 0) is 4.79 Å². The number of Topliss-reactive ketones (excluding diaryl/α,β-unsaturated/α-hetero) is 1. The monoisotopic (exact) mass is 533 g/mol. The number of hydrogen-bond acceptors (Lipinski definition) is 9. The van der Waals surface area contributed by atoms with E-state index < -0.39 is 0 Å². The van der Waals surface area contributed by atoms with Crippen molar-refractivity contribution in [3.8, 4) is 28.3 Å². The minimum absolute atomic E-state index is 0.0820. The maximum Gasteiger partial charge on any atom is 0.290 e. The average Bonchev–Trinajstić information content (AvgIpc) is 3.65. The highest BCUT2D eigenvalue weighted by Crippen LogP contribution is 2.32. The second-order valence-electron chi connectivity index (χ2n) is 8.62. The van der Waals surface area contributed by atoms with Crippen molar-refractivity contribution in [2.45, 2.75) is 13.8 Å². The number of carbonyl (C=O) groups is 2. The normalized spacial score (nSPS) is 10.6. The van der Waals surface area contributed by atoms with Crippen LogP contribution in [-0.4, -0.2) is 57.3 Å². The Balaban J connectivity index is 0.00000103. The first-order valence-electron chi connectivity index (χ1n) is 12.1. The zero-order valence-electron chi connectivity index (χ0n) is 21.5. The van der Waals surface area contributed by atoms with E-state index in [2.05, 4.69) is 35.7 Å². The average molecular weight is 534 g/mol. The Hall–Kier alpha value is -5.78. The van der Waals surface area contributed by atoms with Crippen molar-refractivity contribution in [2.24, 2.45) is 0 Å². The third kappa shape index (κ3) is 5.27. The van der Waals surface area contributed by atoms with Crippen molar-refractivity contribution in [1.82, 2.24) is 39.9 Å². The summed E-state index contributed by atoms with van der Waals surface area (Å²) in [5.41, 5.74) is 6.65. The molecule has 0 aliphatic heterocycles. The molecule has 198 valence electrons. The van der Waals surface area contributed by atoms with Crippen molar-refractivity contribution < 1.29 is 14.7 Å². The molecule has 0 amide bonds. The van der Waals surface area contributed by atoms with Gasteiger partial charge in [-0.15, -0.1) is 5.10 Å². The number of aromatic nitrogens is 8. The van der Waals surface area contributed by atoms with E-state index in [-0.39, 0.29) is 12.3 Å². The molecule has 0 saturated heterocycles. The summed E-state index contributed by atoms with van der Waals surface area (Å²) in [5.74, 6) is 1.21. The van der Waals surface area contributed by atoms with E-state index >= 15 is 0 Å². The zero-order valence-corrected chi connectivity index (χ0v) is 21.5. The van der Waals surface area contributed by atoms with Crippen LogP contribution in [0.3, 0.4) is 0 Å². The second kappa shape index (κ2) is 11.3. The summed E-state index contributed by atoms with van der Waals surface area (Å²) in [7, 11) is 0. The number of rotatable bonds is 6. The lowest BCUT2D eigenvalue weighted by Gasteiger charge is -2.13. The van der Waals surface area contributed by atoms with Crippen molar-refractivity contribution in [2.75, 3.05) is 5.32 Å². The van der Waals surface area contributed by atoms with Crippen LogP contribution in [0, 0.1) is 6.92 Å². The van der Waals surface area contributed by atoms with Crippen LogP contribution in [0.2, 0.25) is 0 Å². The minimum atomic E-state index is -0.250. The van der Waals surface area contributed by atoms with Crippen LogP contribution < -0.4 is 5.32 Å². The molecule has 0 spiro atoms. The summed E-state index contributed by atoms with van der Waals surface area (Å²) in [4.78, 5) is 35.0.